The Kier molecular flexibility index (Phi) is 7.48. The quantitative estimate of drug-likeness (QED) is 0.614. The van der Waals surface area contributed by atoms with Crippen molar-refractivity contribution >= 4 is 5.91 Å². The second-order valence-electron chi connectivity index (χ2n) is 4.04. The molecule has 0 aromatic rings. The van der Waals surface area contributed by atoms with Crippen molar-refractivity contribution in [2.75, 3.05) is 6.54 Å². The van der Waals surface area contributed by atoms with Crippen molar-refractivity contribution in [1.29, 1.82) is 0 Å². The van der Waals surface area contributed by atoms with Gasteiger partial charge in [0.2, 0.25) is 5.91 Å². The molecule has 1 amide bonds. The molecule has 2 N–H and O–H groups in total. The molecular weight excluding hydrogens is 176 g/mol. The molecule has 0 rings (SSSR count). The highest BCUT2D eigenvalue weighted by molar-refractivity contribution is 5.81. The lowest BCUT2D eigenvalue weighted by Crippen LogP contribution is -2.45. The van der Waals surface area contributed by atoms with Crippen LogP contribution >= 0.6 is 0 Å². The van der Waals surface area contributed by atoms with E-state index < -0.39 is 0 Å². The molecule has 0 aliphatic heterocycles. The standard InChI is InChI=1S/C11H24N2O/c1-5-6-7-8-12-11(14)10(4)13-9(2)3/h9-10,13H,5-8H2,1-4H3,(H,12,14). The molecule has 0 saturated heterocycles. The first-order chi connectivity index (χ1) is 6.57. The van der Waals surface area contributed by atoms with E-state index in [0.29, 0.717) is 6.04 Å². The van der Waals surface area contributed by atoms with Crippen molar-refractivity contribution in [2.24, 2.45) is 0 Å². The van der Waals surface area contributed by atoms with E-state index in [4.69, 9.17) is 0 Å². The molecule has 0 aliphatic rings. The van der Waals surface area contributed by atoms with Gasteiger partial charge in [-0.2, -0.15) is 0 Å². The maximum absolute atomic E-state index is 11.5. The van der Waals surface area contributed by atoms with E-state index in [1.54, 1.807) is 0 Å². The van der Waals surface area contributed by atoms with Crippen molar-refractivity contribution in [1.82, 2.24) is 10.6 Å². The van der Waals surface area contributed by atoms with Crippen LogP contribution < -0.4 is 10.6 Å². The molecule has 0 saturated carbocycles. The van der Waals surface area contributed by atoms with Gasteiger partial charge >= 0.3 is 0 Å². The first-order valence-corrected chi connectivity index (χ1v) is 5.61. The minimum absolute atomic E-state index is 0.0865. The van der Waals surface area contributed by atoms with Crippen LogP contribution in [0, 0.1) is 0 Å². The average molecular weight is 200 g/mol. The Morgan fingerprint density at radius 1 is 1.21 bits per heavy atom. The number of nitrogens with one attached hydrogen (secondary N) is 2. The van der Waals surface area contributed by atoms with Crippen LogP contribution in [0.15, 0.2) is 0 Å². The average Bonchev–Trinajstić information content (AvgIpc) is 2.11. The van der Waals surface area contributed by atoms with Gasteiger partial charge in [0.1, 0.15) is 0 Å². The summed E-state index contributed by atoms with van der Waals surface area (Å²) in [5.41, 5.74) is 0. The number of amides is 1. The fourth-order valence-electron chi connectivity index (χ4n) is 1.32. The van der Waals surface area contributed by atoms with Crippen molar-refractivity contribution < 1.29 is 4.79 Å². The molecule has 3 nitrogen and oxygen atoms in total. The number of rotatable bonds is 7. The molecule has 0 radical (unpaired) electrons. The molecule has 0 bridgehead atoms. The van der Waals surface area contributed by atoms with Crippen LogP contribution in [0.3, 0.4) is 0 Å². The van der Waals surface area contributed by atoms with Crippen molar-refractivity contribution in [3.05, 3.63) is 0 Å². The highest BCUT2D eigenvalue weighted by Gasteiger charge is 2.11. The lowest BCUT2D eigenvalue weighted by atomic mass is 10.2. The summed E-state index contributed by atoms with van der Waals surface area (Å²) in [6.45, 7) is 8.94. The summed E-state index contributed by atoms with van der Waals surface area (Å²) in [5.74, 6) is 0.106. The number of hydrogen-bond donors (Lipinski definition) is 2. The Labute approximate surface area is 87.6 Å². The summed E-state index contributed by atoms with van der Waals surface area (Å²) in [5, 5.41) is 6.09. The van der Waals surface area contributed by atoms with E-state index in [9.17, 15) is 4.79 Å². The summed E-state index contributed by atoms with van der Waals surface area (Å²) in [6, 6.07) is 0.267. The lowest BCUT2D eigenvalue weighted by Gasteiger charge is -2.16. The summed E-state index contributed by atoms with van der Waals surface area (Å²) in [6.07, 6.45) is 3.46. The summed E-state index contributed by atoms with van der Waals surface area (Å²) in [4.78, 5) is 11.5. The topological polar surface area (TPSA) is 41.1 Å². The van der Waals surface area contributed by atoms with Gasteiger partial charge in [-0.1, -0.05) is 33.6 Å². The monoisotopic (exact) mass is 200 g/mol. The first-order valence-electron chi connectivity index (χ1n) is 5.61. The van der Waals surface area contributed by atoms with Gasteiger partial charge in [0.15, 0.2) is 0 Å². The Bertz CT molecular complexity index is 157. The zero-order valence-corrected chi connectivity index (χ0v) is 9.89. The van der Waals surface area contributed by atoms with Gasteiger partial charge in [-0.25, -0.2) is 0 Å². The maximum atomic E-state index is 11.5. The van der Waals surface area contributed by atoms with Crippen LogP contribution in [0.2, 0.25) is 0 Å². The molecule has 1 unspecified atom stereocenters. The van der Waals surface area contributed by atoms with Gasteiger partial charge in [0.25, 0.3) is 0 Å². The second kappa shape index (κ2) is 7.80. The maximum Gasteiger partial charge on any atom is 0.236 e. The Hall–Kier alpha value is -0.570. The minimum Gasteiger partial charge on any atom is -0.355 e. The van der Waals surface area contributed by atoms with Crippen LogP contribution in [0.25, 0.3) is 0 Å². The van der Waals surface area contributed by atoms with Gasteiger partial charge in [-0.15, -0.1) is 0 Å². The number of carbonyl (C=O) groups is 1. The van der Waals surface area contributed by atoms with Crippen LogP contribution in [0.5, 0.6) is 0 Å². The fraction of sp³-hybridized carbons (Fsp3) is 0.909. The molecule has 84 valence electrons. The Morgan fingerprint density at radius 3 is 2.36 bits per heavy atom. The minimum atomic E-state index is -0.0865. The molecule has 0 heterocycles. The zero-order chi connectivity index (χ0) is 11.0. The fourth-order valence-corrected chi connectivity index (χ4v) is 1.32. The molecule has 14 heavy (non-hydrogen) atoms. The summed E-state index contributed by atoms with van der Waals surface area (Å²) < 4.78 is 0. The summed E-state index contributed by atoms with van der Waals surface area (Å²) >= 11 is 0. The smallest absolute Gasteiger partial charge is 0.236 e. The third kappa shape index (κ3) is 6.89. The van der Waals surface area contributed by atoms with Gasteiger partial charge in [0, 0.05) is 12.6 Å². The van der Waals surface area contributed by atoms with Crippen LogP contribution in [-0.2, 0) is 4.79 Å². The van der Waals surface area contributed by atoms with Gasteiger partial charge < -0.3 is 10.6 Å². The van der Waals surface area contributed by atoms with Gasteiger partial charge in [0.05, 0.1) is 6.04 Å². The first kappa shape index (κ1) is 13.4. The van der Waals surface area contributed by atoms with E-state index in [1.165, 1.54) is 12.8 Å². The second-order valence-corrected chi connectivity index (χ2v) is 4.04. The highest BCUT2D eigenvalue weighted by Crippen LogP contribution is 1.92. The van der Waals surface area contributed by atoms with Gasteiger partial charge in [-0.05, 0) is 13.3 Å². The van der Waals surface area contributed by atoms with Crippen molar-refractivity contribution in [2.45, 2.75) is 59.0 Å². The molecular formula is C11H24N2O. The largest absolute Gasteiger partial charge is 0.355 e. The van der Waals surface area contributed by atoms with Crippen LogP contribution in [0.4, 0.5) is 0 Å². The van der Waals surface area contributed by atoms with Crippen LogP contribution in [0.1, 0.15) is 47.0 Å². The van der Waals surface area contributed by atoms with E-state index in [-0.39, 0.29) is 11.9 Å². The van der Waals surface area contributed by atoms with Crippen molar-refractivity contribution in [3.8, 4) is 0 Å². The van der Waals surface area contributed by atoms with Crippen molar-refractivity contribution in [3.63, 3.8) is 0 Å². The SMILES string of the molecule is CCCCCNC(=O)C(C)NC(C)C. The zero-order valence-electron chi connectivity index (χ0n) is 9.89. The lowest BCUT2D eigenvalue weighted by molar-refractivity contribution is -0.122. The van der Waals surface area contributed by atoms with Crippen LogP contribution in [-0.4, -0.2) is 24.5 Å². The normalized spacial score (nSPS) is 12.9. The Morgan fingerprint density at radius 2 is 1.86 bits per heavy atom. The highest BCUT2D eigenvalue weighted by atomic mass is 16.2. The molecule has 0 aromatic heterocycles. The molecule has 0 aromatic carbocycles. The third-order valence-electron chi connectivity index (χ3n) is 2.06. The number of unbranched alkanes of at least 4 members (excludes halogenated alkanes) is 2. The number of hydrogen-bond acceptors (Lipinski definition) is 2. The molecule has 1 atom stereocenters. The molecule has 0 aliphatic carbocycles. The van der Waals surface area contributed by atoms with E-state index in [2.05, 4.69) is 17.6 Å². The predicted octanol–water partition coefficient (Wildman–Crippen LogP) is 1.68. The molecule has 0 spiro atoms. The summed E-state index contributed by atoms with van der Waals surface area (Å²) in [7, 11) is 0. The van der Waals surface area contributed by atoms with Gasteiger partial charge in [-0.3, -0.25) is 4.79 Å². The third-order valence-corrected chi connectivity index (χ3v) is 2.06. The molecule has 3 heteroatoms. The van der Waals surface area contributed by atoms with E-state index in [1.807, 2.05) is 20.8 Å². The predicted molar refractivity (Wildman–Crippen MR) is 60.3 cm³/mol. The number of carbonyl (C=O) groups excluding carboxylic acids is 1. The van der Waals surface area contributed by atoms with E-state index >= 15 is 0 Å². The van der Waals surface area contributed by atoms with E-state index in [0.717, 1.165) is 13.0 Å². The Balaban J connectivity index is 3.52. The molecule has 0 fully saturated rings.